The average Bonchev–Trinajstić information content (AvgIpc) is 3.71. The van der Waals surface area contributed by atoms with Crippen molar-refractivity contribution in [2.45, 2.75) is 22.2 Å². The number of carbonyl (C=O) groups is 2. The molecular weight excluding hydrogens is 666 g/mol. The quantitative estimate of drug-likeness (QED) is 0.134. The summed E-state index contributed by atoms with van der Waals surface area (Å²) in [6, 6.07) is 23.6. The Morgan fingerprint density at radius 1 is 0.894 bits per heavy atom. The molecule has 1 atom stereocenters. The first-order chi connectivity index (χ1) is 22.8. The predicted octanol–water partition coefficient (Wildman–Crippen LogP) is 7.32. The van der Waals surface area contributed by atoms with Crippen LogP contribution in [0.1, 0.15) is 32.8 Å². The Morgan fingerprint density at radius 3 is 2.45 bits per heavy atom. The lowest BCUT2D eigenvalue weighted by molar-refractivity contribution is -0.121. The van der Waals surface area contributed by atoms with E-state index in [0.29, 0.717) is 31.7 Å². The van der Waals surface area contributed by atoms with Crippen molar-refractivity contribution in [1.29, 1.82) is 0 Å². The van der Waals surface area contributed by atoms with Crippen LogP contribution in [-0.2, 0) is 22.6 Å². The topological polar surface area (TPSA) is 96.6 Å². The van der Waals surface area contributed by atoms with Crippen molar-refractivity contribution in [3.05, 3.63) is 146 Å². The van der Waals surface area contributed by atoms with E-state index in [1.807, 2.05) is 0 Å². The fourth-order valence-corrected chi connectivity index (χ4v) is 8.27. The number of nitrogens with zero attached hydrogens (tertiary/aromatic N) is 4. The van der Waals surface area contributed by atoms with Crippen LogP contribution in [0.5, 0.6) is 0 Å². The molecule has 0 aliphatic carbocycles. The Balaban J connectivity index is 1.33. The first-order valence-corrected chi connectivity index (χ1v) is 16.4. The lowest BCUT2D eigenvalue weighted by Crippen LogP contribution is -2.53. The zero-order valence-electron chi connectivity index (χ0n) is 23.9. The molecule has 0 bridgehead atoms. The van der Waals surface area contributed by atoms with Gasteiger partial charge in [-0.1, -0.05) is 89.3 Å². The number of rotatable bonds is 6. The van der Waals surface area contributed by atoms with Crippen molar-refractivity contribution in [3.8, 4) is 0 Å². The van der Waals surface area contributed by atoms with E-state index in [0.717, 1.165) is 28.4 Å². The van der Waals surface area contributed by atoms with Gasteiger partial charge in [0.25, 0.3) is 11.8 Å². The van der Waals surface area contributed by atoms with Crippen LogP contribution in [0.25, 0.3) is 11.0 Å². The van der Waals surface area contributed by atoms with E-state index in [9.17, 15) is 18.4 Å². The predicted molar refractivity (Wildman–Crippen MR) is 175 cm³/mol. The number of amides is 2. The zero-order valence-corrected chi connectivity index (χ0v) is 26.3. The van der Waals surface area contributed by atoms with Crippen molar-refractivity contribution in [2.24, 2.45) is 0 Å². The first kappa shape index (κ1) is 29.5. The molecule has 2 aromatic heterocycles. The van der Waals surface area contributed by atoms with Gasteiger partial charge in [-0.15, -0.1) is 10.2 Å². The van der Waals surface area contributed by atoms with E-state index in [4.69, 9.17) is 16.0 Å². The number of hydrogen-bond acceptors (Lipinski definition) is 8. The number of hydrogen-bond donors (Lipinski definition) is 0. The number of para-hydroxylation sites is 1. The standard InChI is InChI=1S/C34H19ClF2N4O4S2/c35-23-10-4-1-7-18(23)16-40-25-12-6-3-9-22(25)34(31(40)44)27-28(42)21-15-20(36)13-14-26(21)45-29(27)30(43)41(34)32-38-39-33(47-32)46-17-19-8-2-5-11-24(19)37/h1-15H,16-17H2. The highest BCUT2D eigenvalue weighted by Crippen LogP contribution is 2.55. The molecule has 1 unspecified atom stereocenters. The minimum absolute atomic E-state index is 0.00875. The first-order valence-electron chi connectivity index (χ1n) is 14.2. The summed E-state index contributed by atoms with van der Waals surface area (Å²) in [5, 5.41) is 8.87. The summed E-state index contributed by atoms with van der Waals surface area (Å²) < 4.78 is 35.2. The summed E-state index contributed by atoms with van der Waals surface area (Å²) in [6.45, 7) is 0.0298. The van der Waals surface area contributed by atoms with Gasteiger partial charge in [0.2, 0.25) is 10.9 Å². The molecular formula is C34H19ClF2N4O4S2. The van der Waals surface area contributed by atoms with Crippen LogP contribution in [0.3, 0.4) is 0 Å². The van der Waals surface area contributed by atoms with Crippen molar-refractivity contribution in [1.82, 2.24) is 10.2 Å². The Labute approximate surface area is 278 Å². The molecule has 2 aliphatic rings. The smallest absolute Gasteiger partial charge is 0.297 e. The molecule has 13 heteroatoms. The Hall–Kier alpha value is -4.91. The second-order valence-corrected chi connectivity index (χ2v) is 13.4. The summed E-state index contributed by atoms with van der Waals surface area (Å²) in [5.74, 6) is -2.57. The van der Waals surface area contributed by atoms with E-state index in [1.54, 1.807) is 66.7 Å². The van der Waals surface area contributed by atoms with Crippen LogP contribution in [0.2, 0.25) is 5.02 Å². The third-order valence-electron chi connectivity index (χ3n) is 8.27. The van der Waals surface area contributed by atoms with Crippen molar-refractivity contribution >= 4 is 68.3 Å². The van der Waals surface area contributed by atoms with E-state index >= 15 is 4.79 Å². The van der Waals surface area contributed by atoms with Crippen LogP contribution >= 0.6 is 34.7 Å². The monoisotopic (exact) mass is 684 g/mol. The van der Waals surface area contributed by atoms with Gasteiger partial charge in [0, 0.05) is 16.3 Å². The van der Waals surface area contributed by atoms with Gasteiger partial charge >= 0.3 is 0 Å². The number of halogens is 3. The Kier molecular flexibility index (Phi) is 6.97. The number of fused-ring (bicyclic) bond motifs is 5. The molecule has 8 nitrogen and oxygen atoms in total. The molecule has 232 valence electrons. The fourth-order valence-electron chi connectivity index (χ4n) is 6.20. The van der Waals surface area contributed by atoms with Crippen LogP contribution in [-0.4, -0.2) is 22.0 Å². The normalized spacial score (nSPS) is 16.8. The molecule has 4 aromatic carbocycles. The van der Waals surface area contributed by atoms with E-state index < -0.39 is 28.6 Å². The molecule has 0 radical (unpaired) electrons. The molecule has 47 heavy (non-hydrogen) atoms. The molecule has 0 saturated carbocycles. The number of benzene rings is 4. The van der Waals surface area contributed by atoms with Gasteiger partial charge < -0.3 is 9.32 Å². The van der Waals surface area contributed by atoms with Crippen LogP contribution in [0.4, 0.5) is 19.6 Å². The lowest BCUT2D eigenvalue weighted by atomic mass is 9.84. The molecule has 1 spiro atoms. The van der Waals surface area contributed by atoms with Gasteiger partial charge in [-0.05, 0) is 47.5 Å². The van der Waals surface area contributed by atoms with Gasteiger partial charge in [0.15, 0.2) is 15.3 Å². The highest BCUT2D eigenvalue weighted by Gasteiger charge is 2.66. The van der Waals surface area contributed by atoms with Crippen molar-refractivity contribution < 1.29 is 22.8 Å². The highest BCUT2D eigenvalue weighted by atomic mass is 35.5. The molecule has 4 heterocycles. The van der Waals surface area contributed by atoms with Crippen LogP contribution in [0.15, 0.2) is 105 Å². The molecule has 2 aliphatic heterocycles. The molecule has 2 amide bonds. The summed E-state index contributed by atoms with van der Waals surface area (Å²) in [7, 11) is 0. The third kappa shape index (κ3) is 4.43. The van der Waals surface area contributed by atoms with Gasteiger partial charge in [-0.25, -0.2) is 8.78 Å². The molecule has 0 N–H and O–H groups in total. The fraction of sp³-hybridized carbons (Fsp3) is 0.0882. The summed E-state index contributed by atoms with van der Waals surface area (Å²) in [6.07, 6.45) is 0. The average molecular weight is 685 g/mol. The summed E-state index contributed by atoms with van der Waals surface area (Å²) in [5.41, 5.74) is -1.15. The summed E-state index contributed by atoms with van der Waals surface area (Å²) >= 11 is 8.73. The lowest BCUT2D eigenvalue weighted by Gasteiger charge is -2.32. The number of aromatic nitrogens is 2. The van der Waals surface area contributed by atoms with E-state index in [1.165, 1.54) is 28.8 Å². The molecule has 8 rings (SSSR count). The molecule has 6 aromatic rings. The maximum absolute atomic E-state index is 15.0. The van der Waals surface area contributed by atoms with Gasteiger partial charge in [0.05, 0.1) is 23.2 Å². The Morgan fingerprint density at radius 2 is 1.64 bits per heavy atom. The van der Waals surface area contributed by atoms with E-state index in [2.05, 4.69) is 10.2 Å². The highest BCUT2D eigenvalue weighted by molar-refractivity contribution is 8.00. The Bertz CT molecular complexity index is 2350. The minimum Gasteiger partial charge on any atom is -0.450 e. The van der Waals surface area contributed by atoms with Gasteiger partial charge in [-0.3, -0.25) is 19.3 Å². The third-order valence-corrected chi connectivity index (χ3v) is 10.7. The van der Waals surface area contributed by atoms with Crippen LogP contribution < -0.4 is 15.2 Å². The second-order valence-electron chi connectivity index (χ2n) is 10.9. The second kappa shape index (κ2) is 11.1. The molecule has 0 fully saturated rings. The van der Waals surface area contributed by atoms with Gasteiger partial charge in [0.1, 0.15) is 17.2 Å². The van der Waals surface area contributed by atoms with Crippen molar-refractivity contribution in [3.63, 3.8) is 0 Å². The molecule has 0 saturated heterocycles. The zero-order chi connectivity index (χ0) is 32.4. The number of thioether (sulfide) groups is 1. The van der Waals surface area contributed by atoms with E-state index in [-0.39, 0.29) is 45.5 Å². The summed E-state index contributed by atoms with van der Waals surface area (Å²) in [4.78, 5) is 46.5. The largest absolute Gasteiger partial charge is 0.450 e. The maximum Gasteiger partial charge on any atom is 0.297 e. The number of anilines is 2. The van der Waals surface area contributed by atoms with Gasteiger partial charge in [-0.2, -0.15) is 0 Å². The maximum atomic E-state index is 15.0. The minimum atomic E-state index is -2.06. The SMILES string of the molecule is O=C1c2oc3ccc(F)cc3c(=O)c2C2(C(=O)N(Cc3ccccc3Cl)c3ccccc32)N1c1nnc(SCc2ccccc2F)s1. The van der Waals surface area contributed by atoms with Crippen molar-refractivity contribution in [2.75, 3.05) is 9.80 Å². The van der Waals surface area contributed by atoms with Crippen LogP contribution in [0, 0.1) is 11.6 Å². The number of carbonyl (C=O) groups excluding carboxylic acids is 2.